The second kappa shape index (κ2) is 7.31. The van der Waals surface area contributed by atoms with Crippen LogP contribution in [0.2, 0.25) is 0 Å². The van der Waals surface area contributed by atoms with Gasteiger partial charge in [-0.05, 0) is 25.7 Å². The van der Waals surface area contributed by atoms with Gasteiger partial charge in [0.1, 0.15) is 0 Å². The number of imidazole rings is 1. The van der Waals surface area contributed by atoms with Crippen LogP contribution in [0, 0.1) is 0 Å². The Balaban J connectivity index is 0.00000192. The molecule has 0 radical (unpaired) electrons. The van der Waals surface area contributed by atoms with E-state index < -0.39 is 0 Å². The molecule has 1 aliphatic carbocycles. The molecule has 0 aliphatic heterocycles. The van der Waals surface area contributed by atoms with E-state index in [1.165, 1.54) is 41.2 Å². The van der Waals surface area contributed by atoms with Crippen molar-refractivity contribution < 1.29 is 17.7 Å². The number of aryl methyl sites for hydroxylation is 2. The lowest BCUT2D eigenvalue weighted by Crippen LogP contribution is -3.00. The van der Waals surface area contributed by atoms with E-state index in [2.05, 4.69) is 10.3 Å². The fourth-order valence-corrected chi connectivity index (χ4v) is 3.40. The first-order valence-electron chi connectivity index (χ1n) is 8.04. The van der Waals surface area contributed by atoms with E-state index in [1.54, 1.807) is 25.0 Å². The maximum Gasteiger partial charge on any atom is 0.332 e. The Morgan fingerprint density at radius 1 is 1.22 bits per heavy atom. The summed E-state index contributed by atoms with van der Waals surface area (Å²) >= 11 is 0. The van der Waals surface area contributed by atoms with Crippen LogP contribution in [-0.2, 0) is 20.6 Å². The van der Waals surface area contributed by atoms with Crippen LogP contribution in [-0.4, -0.2) is 31.3 Å². The third-order valence-corrected chi connectivity index (χ3v) is 4.70. The van der Waals surface area contributed by atoms with E-state index in [-0.39, 0.29) is 23.7 Å². The van der Waals surface area contributed by atoms with Crippen molar-refractivity contribution in [2.45, 2.75) is 44.7 Å². The van der Waals surface area contributed by atoms with Crippen LogP contribution in [0.4, 0.5) is 0 Å². The minimum absolute atomic E-state index is 0. The predicted octanol–water partition coefficient (Wildman–Crippen LogP) is -3.67. The van der Waals surface area contributed by atoms with Gasteiger partial charge in [0.2, 0.25) is 0 Å². The van der Waals surface area contributed by atoms with Gasteiger partial charge in [-0.15, -0.1) is 0 Å². The van der Waals surface area contributed by atoms with Gasteiger partial charge in [-0.2, -0.15) is 0 Å². The van der Waals surface area contributed by atoms with Crippen molar-refractivity contribution in [3.8, 4) is 0 Å². The number of fused-ring (bicyclic) bond motifs is 1. The molecule has 0 saturated heterocycles. The molecule has 0 aromatic carbocycles. The van der Waals surface area contributed by atoms with Gasteiger partial charge in [-0.25, -0.2) is 9.78 Å². The summed E-state index contributed by atoms with van der Waals surface area (Å²) in [4.78, 5) is 29.0. The van der Waals surface area contributed by atoms with Crippen LogP contribution < -0.4 is 29.0 Å². The number of hydrogen-bond acceptors (Lipinski definition) is 3. The Labute approximate surface area is 140 Å². The molecule has 1 aliphatic rings. The molecule has 2 heterocycles. The zero-order chi connectivity index (χ0) is 15.7. The molecule has 23 heavy (non-hydrogen) atoms. The van der Waals surface area contributed by atoms with Gasteiger partial charge in [-0.1, -0.05) is 6.42 Å². The Morgan fingerprint density at radius 3 is 2.61 bits per heavy atom. The number of halogens is 1. The Morgan fingerprint density at radius 2 is 1.91 bits per heavy atom. The molecule has 3 rings (SSSR count). The third kappa shape index (κ3) is 3.35. The molecule has 0 spiro atoms. The number of quaternary nitrogens is 1. The molecule has 2 aromatic heterocycles. The highest BCUT2D eigenvalue weighted by Gasteiger charge is 2.18. The lowest BCUT2D eigenvalue weighted by Gasteiger charge is -2.20. The minimum atomic E-state index is -0.284. The van der Waals surface area contributed by atoms with Gasteiger partial charge < -0.3 is 22.3 Å². The van der Waals surface area contributed by atoms with Crippen LogP contribution in [0.1, 0.15) is 32.1 Å². The summed E-state index contributed by atoms with van der Waals surface area (Å²) < 4.78 is 4.47. The summed E-state index contributed by atoms with van der Waals surface area (Å²) in [6.07, 6.45) is 7.99. The first-order chi connectivity index (χ1) is 10.6. The zero-order valence-electron chi connectivity index (χ0n) is 13.7. The van der Waals surface area contributed by atoms with Crippen LogP contribution in [0.15, 0.2) is 15.9 Å². The number of aromatic nitrogens is 4. The van der Waals surface area contributed by atoms with E-state index >= 15 is 0 Å². The summed E-state index contributed by atoms with van der Waals surface area (Å²) in [5, 5.41) is 2.29. The predicted molar refractivity (Wildman–Crippen MR) is 83.9 cm³/mol. The average Bonchev–Trinajstić information content (AvgIpc) is 2.91. The first-order valence-corrected chi connectivity index (χ1v) is 8.04. The summed E-state index contributed by atoms with van der Waals surface area (Å²) in [6, 6.07) is 0.647. The summed E-state index contributed by atoms with van der Waals surface area (Å²) in [5.74, 6) is 0. The Bertz CT molecular complexity index is 785. The molecule has 2 N–H and O–H groups in total. The minimum Gasteiger partial charge on any atom is -1.00 e. The second-order valence-electron chi connectivity index (χ2n) is 6.25. The van der Waals surface area contributed by atoms with E-state index in [0.29, 0.717) is 23.8 Å². The van der Waals surface area contributed by atoms with E-state index in [4.69, 9.17) is 0 Å². The lowest BCUT2D eigenvalue weighted by molar-refractivity contribution is -0.692. The van der Waals surface area contributed by atoms with E-state index in [1.807, 2.05) is 0 Å². The quantitative estimate of drug-likeness (QED) is 0.622. The second-order valence-corrected chi connectivity index (χ2v) is 6.25. The maximum absolute atomic E-state index is 12.5. The van der Waals surface area contributed by atoms with Crippen LogP contribution in [0.5, 0.6) is 0 Å². The van der Waals surface area contributed by atoms with Crippen molar-refractivity contribution in [1.82, 2.24) is 18.7 Å². The molecular weight excluding hydrogens is 318 g/mol. The van der Waals surface area contributed by atoms with Gasteiger partial charge in [-0.3, -0.25) is 13.9 Å². The molecule has 7 nitrogen and oxygen atoms in total. The largest absolute Gasteiger partial charge is 1.00 e. The monoisotopic (exact) mass is 341 g/mol. The molecule has 0 bridgehead atoms. The van der Waals surface area contributed by atoms with Crippen molar-refractivity contribution in [1.29, 1.82) is 0 Å². The Hall–Kier alpha value is -1.60. The molecule has 1 fully saturated rings. The highest BCUT2D eigenvalue weighted by atomic mass is 35.5. The van der Waals surface area contributed by atoms with Crippen molar-refractivity contribution in [3.63, 3.8) is 0 Å². The molecule has 2 aromatic rings. The van der Waals surface area contributed by atoms with Crippen molar-refractivity contribution in [3.05, 3.63) is 27.2 Å². The smallest absolute Gasteiger partial charge is 0.332 e. The van der Waals surface area contributed by atoms with Gasteiger partial charge in [0, 0.05) is 14.1 Å². The molecule has 0 unspecified atom stereocenters. The lowest BCUT2D eigenvalue weighted by atomic mass is 9.95. The topological polar surface area (TPSA) is 78.4 Å². The SMILES string of the molecule is Cn1cnc2c1c(=O)n(CC[NH2+]C1CCCCC1)c(=O)n2C.[Cl-]. The number of rotatable bonds is 4. The fraction of sp³-hybridized carbons (Fsp3) is 0.667. The van der Waals surface area contributed by atoms with E-state index in [9.17, 15) is 9.59 Å². The fourth-order valence-electron chi connectivity index (χ4n) is 3.40. The number of nitrogens with two attached hydrogens (primary N) is 1. The molecule has 0 amide bonds. The average molecular weight is 342 g/mol. The van der Waals surface area contributed by atoms with Crippen LogP contribution in [0.25, 0.3) is 11.2 Å². The van der Waals surface area contributed by atoms with Gasteiger partial charge in [0.25, 0.3) is 5.56 Å². The van der Waals surface area contributed by atoms with Crippen molar-refractivity contribution in [2.75, 3.05) is 6.54 Å². The highest BCUT2D eigenvalue weighted by molar-refractivity contribution is 5.69. The molecule has 128 valence electrons. The van der Waals surface area contributed by atoms with Crippen molar-refractivity contribution >= 4 is 11.2 Å². The Kier molecular flexibility index (Phi) is 5.64. The first kappa shape index (κ1) is 17.7. The zero-order valence-corrected chi connectivity index (χ0v) is 14.4. The van der Waals surface area contributed by atoms with Crippen molar-refractivity contribution in [2.24, 2.45) is 14.1 Å². The summed E-state index contributed by atoms with van der Waals surface area (Å²) in [7, 11) is 3.44. The standard InChI is InChI=1S/C15H23N5O2.ClH/c1-18-10-17-13-12(18)14(21)20(15(22)19(13)2)9-8-16-11-6-4-3-5-7-11;/h10-11,16H,3-9H2,1-2H3;1H. The van der Waals surface area contributed by atoms with Gasteiger partial charge >= 0.3 is 5.69 Å². The number of nitrogens with zero attached hydrogens (tertiary/aromatic N) is 4. The summed E-state index contributed by atoms with van der Waals surface area (Å²) in [5.41, 5.74) is 0.410. The molecule has 0 atom stereocenters. The van der Waals surface area contributed by atoms with Crippen LogP contribution in [0.3, 0.4) is 0 Å². The van der Waals surface area contributed by atoms with Gasteiger partial charge in [0.05, 0.1) is 25.5 Å². The maximum atomic E-state index is 12.5. The summed E-state index contributed by atoms with van der Waals surface area (Å²) in [6.45, 7) is 1.21. The molecular formula is C15H24ClN5O2. The molecule has 8 heteroatoms. The highest BCUT2D eigenvalue weighted by Crippen LogP contribution is 2.14. The number of hydrogen-bond donors (Lipinski definition) is 1. The molecule has 1 saturated carbocycles. The normalized spacial score (nSPS) is 15.7. The van der Waals surface area contributed by atoms with Crippen LogP contribution >= 0.6 is 0 Å². The van der Waals surface area contributed by atoms with Gasteiger partial charge in [0.15, 0.2) is 11.2 Å². The van der Waals surface area contributed by atoms with E-state index in [0.717, 1.165) is 6.54 Å². The third-order valence-electron chi connectivity index (χ3n) is 4.70.